The predicted octanol–water partition coefficient (Wildman–Crippen LogP) is 1.70. The van der Waals surface area contributed by atoms with Gasteiger partial charge in [-0.05, 0) is 44.1 Å². The van der Waals surface area contributed by atoms with Gasteiger partial charge < -0.3 is 19.9 Å². The molecule has 2 aromatic rings. The molecule has 0 saturated carbocycles. The van der Waals surface area contributed by atoms with Gasteiger partial charge in [-0.3, -0.25) is 4.90 Å². The first kappa shape index (κ1) is 15.1. The Labute approximate surface area is 130 Å². The maximum Gasteiger partial charge on any atom is 0.180 e. The van der Waals surface area contributed by atoms with Crippen molar-refractivity contribution < 1.29 is 9.26 Å². The van der Waals surface area contributed by atoms with Crippen LogP contribution in [0.4, 0.5) is 5.82 Å². The van der Waals surface area contributed by atoms with Crippen LogP contribution < -0.4 is 15.4 Å². The Hall–Kier alpha value is -1.79. The molecule has 0 aliphatic carbocycles. The van der Waals surface area contributed by atoms with Crippen LogP contribution in [0.1, 0.15) is 12.8 Å². The minimum atomic E-state index is 0.784. The van der Waals surface area contributed by atoms with E-state index in [1.54, 1.807) is 7.11 Å². The minimum absolute atomic E-state index is 0.784. The van der Waals surface area contributed by atoms with Crippen molar-refractivity contribution in [3.05, 3.63) is 18.2 Å². The fourth-order valence-electron chi connectivity index (χ4n) is 2.92. The molecule has 3 rings (SSSR count). The summed E-state index contributed by atoms with van der Waals surface area (Å²) in [5, 5.41) is 5.28. The van der Waals surface area contributed by atoms with E-state index < -0.39 is 0 Å². The van der Waals surface area contributed by atoms with Crippen molar-refractivity contribution in [1.29, 1.82) is 0 Å². The van der Waals surface area contributed by atoms with E-state index in [4.69, 9.17) is 15.0 Å². The van der Waals surface area contributed by atoms with Crippen LogP contribution in [0.3, 0.4) is 0 Å². The lowest BCUT2D eigenvalue weighted by Crippen LogP contribution is -2.46. The van der Waals surface area contributed by atoms with Crippen LogP contribution in [0.5, 0.6) is 5.75 Å². The van der Waals surface area contributed by atoms with Gasteiger partial charge in [0.25, 0.3) is 0 Å². The van der Waals surface area contributed by atoms with Gasteiger partial charge in [-0.1, -0.05) is 5.16 Å². The van der Waals surface area contributed by atoms with Crippen LogP contribution in [0, 0.1) is 0 Å². The van der Waals surface area contributed by atoms with E-state index in [0.717, 1.165) is 68.2 Å². The number of rotatable bonds is 6. The van der Waals surface area contributed by atoms with Gasteiger partial charge in [0, 0.05) is 26.2 Å². The molecule has 0 unspecified atom stereocenters. The van der Waals surface area contributed by atoms with Crippen LogP contribution in [-0.4, -0.2) is 56.4 Å². The second-order valence-corrected chi connectivity index (χ2v) is 5.69. The summed E-state index contributed by atoms with van der Waals surface area (Å²) < 4.78 is 10.7. The third kappa shape index (κ3) is 3.18. The molecule has 0 spiro atoms. The molecule has 1 fully saturated rings. The smallest absolute Gasteiger partial charge is 0.180 e. The zero-order chi connectivity index (χ0) is 15.4. The predicted molar refractivity (Wildman–Crippen MR) is 87.5 cm³/mol. The zero-order valence-electron chi connectivity index (χ0n) is 13.1. The van der Waals surface area contributed by atoms with E-state index in [-0.39, 0.29) is 0 Å². The van der Waals surface area contributed by atoms with E-state index in [1.807, 2.05) is 18.2 Å². The lowest BCUT2D eigenvalue weighted by Gasteiger charge is -2.34. The van der Waals surface area contributed by atoms with E-state index >= 15 is 0 Å². The first-order valence-corrected chi connectivity index (χ1v) is 7.92. The lowest BCUT2D eigenvalue weighted by molar-refractivity contribution is 0.252. The van der Waals surface area contributed by atoms with Crippen LogP contribution in [0.15, 0.2) is 22.7 Å². The minimum Gasteiger partial charge on any atom is -0.497 e. The van der Waals surface area contributed by atoms with Crippen molar-refractivity contribution in [2.24, 2.45) is 5.73 Å². The monoisotopic (exact) mass is 304 g/mol. The Kier molecular flexibility index (Phi) is 4.80. The molecular weight excluding hydrogens is 280 g/mol. The largest absolute Gasteiger partial charge is 0.497 e. The molecule has 6 nitrogen and oxygen atoms in total. The van der Waals surface area contributed by atoms with Crippen LogP contribution in [0.25, 0.3) is 11.0 Å². The number of benzene rings is 1. The van der Waals surface area contributed by atoms with E-state index in [1.165, 1.54) is 6.42 Å². The van der Waals surface area contributed by atoms with E-state index in [9.17, 15) is 0 Å². The van der Waals surface area contributed by atoms with Gasteiger partial charge in [-0.15, -0.1) is 0 Å². The summed E-state index contributed by atoms with van der Waals surface area (Å²) in [7, 11) is 1.68. The molecule has 2 heterocycles. The number of unbranched alkanes of at least 4 members (excludes halogenated alkanes) is 1. The van der Waals surface area contributed by atoms with Gasteiger partial charge in [-0.25, -0.2) is 0 Å². The number of fused-ring (bicyclic) bond motifs is 1. The highest BCUT2D eigenvalue weighted by atomic mass is 16.5. The molecule has 120 valence electrons. The average molecular weight is 304 g/mol. The average Bonchev–Trinajstić information content (AvgIpc) is 2.98. The molecule has 0 radical (unpaired) electrons. The normalized spacial score (nSPS) is 16.4. The van der Waals surface area contributed by atoms with Gasteiger partial charge in [0.05, 0.1) is 12.5 Å². The quantitative estimate of drug-likeness (QED) is 0.819. The SMILES string of the molecule is COc1ccc2onc(N3CCN(CCCCN)CC3)c2c1. The fraction of sp³-hybridized carbons (Fsp3) is 0.562. The molecule has 1 aliphatic heterocycles. The molecule has 6 heteroatoms. The second-order valence-electron chi connectivity index (χ2n) is 5.69. The Morgan fingerprint density at radius 3 is 2.77 bits per heavy atom. The molecule has 1 aromatic heterocycles. The van der Waals surface area contributed by atoms with Crippen LogP contribution in [0.2, 0.25) is 0 Å². The Morgan fingerprint density at radius 1 is 1.23 bits per heavy atom. The highest BCUT2D eigenvalue weighted by molar-refractivity contribution is 5.89. The summed E-state index contributed by atoms with van der Waals surface area (Å²) in [6.45, 7) is 5.99. The Bertz CT molecular complexity index is 605. The van der Waals surface area contributed by atoms with Crippen molar-refractivity contribution in [1.82, 2.24) is 10.1 Å². The fourth-order valence-corrected chi connectivity index (χ4v) is 2.92. The number of hydrogen-bond donors (Lipinski definition) is 1. The number of piperazine rings is 1. The second kappa shape index (κ2) is 6.98. The Balaban J connectivity index is 1.66. The van der Waals surface area contributed by atoms with Crippen molar-refractivity contribution in [3.63, 3.8) is 0 Å². The number of anilines is 1. The van der Waals surface area contributed by atoms with Crippen molar-refractivity contribution in [2.75, 3.05) is 51.3 Å². The summed E-state index contributed by atoms with van der Waals surface area (Å²) in [4.78, 5) is 4.79. The lowest BCUT2D eigenvalue weighted by atomic mass is 10.2. The number of ether oxygens (including phenoxy) is 1. The molecule has 0 bridgehead atoms. The molecule has 1 aliphatic rings. The van der Waals surface area contributed by atoms with Crippen LogP contribution >= 0.6 is 0 Å². The number of aromatic nitrogens is 1. The van der Waals surface area contributed by atoms with Crippen molar-refractivity contribution >= 4 is 16.8 Å². The third-order valence-corrected chi connectivity index (χ3v) is 4.26. The number of nitrogens with two attached hydrogens (primary N) is 1. The molecule has 22 heavy (non-hydrogen) atoms. The van der Waals surface area contributed by atoms with Gasteiger partial charge >= 0.3 is 0 Å². The number of hydrogen-bond acceptors (Lipinski definition) is 6. The first-order chi connectivity index (χ1) is 10.8. The van der Waals surface area contributed by atoms with Crippen molar-refractivity contribution in [3.8, 4) is 5.75 Å². The van der Waals surface area contributed by atoms with Gasteiger partial charge in [0.2, 0.25) is 0 Å². The van der Waals surface area contributed by atoms with Crippen molar-refractivity contribution in [2.45, 2.75) is 12.8 Å². The number of nitrogens with zero attached hydrogens (tertiary/aromatic N) is 3. The first-order valence-electron chi connectivity index (χ1n) is 7.92. The molecule has 1 saturated heterocycles. The molecule has 1 aromatic carbocycles. The summed E-state index contributed by atoms with van der Waals surface area (Å²) in [5.74, 6) is 1.76. The third-order valence-electron chi connectivity index (χ3n) is 4.26. The summed E-state index contributed by atoms with van der Waals surface area (Å²) in [5.41, 5.74) is 6.36. The maximum atomic E-state index is 5.55. The summed E-state index contributed by atoms with van der Waals surface area (Å²) in [6, 6.07) is 5.80. The number of methoxy groups -OCH3 is 1. The van der Waals surface area contributed by atoms with Gasteiger partial charge in [-0.2, -0.15) is 0 Å². The molecule has 2 N–H and O–H groups in total. The highest BCUT2D eigenvalue weighted by Crippen LogP contribution is 2.30. The Morgan fingerprint density at radius 2 is 2.05 bits per heavy atom. The van der Waals surface area contributed by atoms with Crippen LogP contribution in [-0.2, 0) is 0 Å². The van der Waals surface area contributed by atoms with E-state index in [0.29, 0.717) is 0 Å². The summed E-state index contributed by atoms with van der Waals surface area (Å²) >= 11 is 0. The van der Waals surface area contributed by atoms with E-state index in [2.05, 4.69) is 15.0 Å². The van der Waals surface area contributed by atoms with Gasteiger partial charge in [0.15, 0.2) is 11.4 Å². The van der Waals surface area contributed by atoms with Gasteiger partial charge in [0.1, 0.15) is 5.75 Å². The molecular formula is C16H24N4O2. The molecule has 0 amide bonds. The topological polar surface area (TPSA) is 67.8 Å². The molecule has 0 atom stereocenters. The highest BCUT2D eigenvalue weighted by Gasteiger charge is 2.21. The summed E-state index contributed by atoms with van der Waals surface area (Å²) in [6.07, 6.45) is 2.29. The maximum absolute atomic E-state index is 5.55. The zero-order valence-corrected chi connectivity index (χ0v) is 13.1. The standard InChI is InChI=1S/C16H24N4O2/c1-21-13-4-5-15-14(12-13)16(18-22-15)20-10-8-19(9-11-20)7-3-2-6-17/h4-5,12H,2-3,6-11,17H2,1H3.